The van der Waals surface area contributed by atoms with Gasteiger partial charge in [-0.15, -0.1) is 0 Å². The smallest absolute Gasteiger partial charge is 0.434 e. The zero-order valence-electron chi connectivity index (χ0n) is 14.6. The Hall–Kier alpha value is -2.01. The van der Waals surface area contributed by atoms with Gasteiger partial charge >= 0.3 is 30.3 Å². The number of alkyl halides is 6. The lowest BCUT2D eigenvalue weighted by molar-refractivity contribution is -0.315. The average Bonchev–Trinajstić information content (AvgIpc) is 3.12. The lowest BCUT2D eigenvalue weighted by Crippen LogP contribution is -2.51. The fourth-order valence-corrected chi connectivity index (χ4v) is 4.23. The molecule has 1 saturated heterocycles. The predicted molar refractivity (Wildman–Crippen MR) is 75.2 cm³/mol. The van der Waals surface area contributed by atoms with Crippen LogP contribution in [0.2, 0.25) is 0 Å². The summed E-state index contributed by atoms with van der Waals surface area (Å²) in [5, 5.41) is 0. The van der Waals surface area contributed by atoms with E-state index in [0.29, 0.717) is 0 Å². The third-order valence-electron chi connectivity index (χ3n) is 5.47. The molecule has 2 saturated carbocycles. The maximum Gasteiger partial charge on any atom is 0.434 e. The van der Waals surface area contributed by atoms with E-state index < -0.39 is 78.2 Å². The van der Waals surface area contributed by atoms with Gasteiger partial charge in [-0.2, -0.15) is 26.3 Å². The third kappa shape index (κ3) is 3.00. The van der Waals surface area contributed by atoms with E-state index in [2.05, 4.69) is 4.74 Å². The van der Waals surface area contributed by atoms with E-state index in [1.165, 1.54) is 0 Å². The second-order valence-corrected chi connectivity index (χ2v) is 7.57. The van der Waals surface area contributed by atoms with Crippen molar-refractivity contribution in [3.63, 3.8) is 0 Å². The van der Waals surface area contributed by atoms with E-state index in [-0.39, 0.29) is 6.42 Å². The topological polar surface area (TPSA) is 78.9 Å². The van der Waals surface area contributed by atoms with Gasteiger partial charge in [-0.25, -0.2) is 0 Å². The van der Waals surface area contributed by atoms with Crippen molar-refractivity contribution in [3.8, 4) is 0 Å². The Balaban J connectivity index is 1.82. The van der Waals surface area contributed by atoms with Crippen molar-refractivity contribution in [2.24, 2.45) is 23.2 Å². The molecule has 0 amide bonds. The van der Waals surface area contributed by atoms with Gasteiger partial charge in [0.25, 0.3) is 6.10 Å². The van der Waals surface area contributed by atoms with Crippen LogP contribution in [-0.2, 0) is 28.6 Å². The zero-order chi connectivity index (χ0) is 21.2. The van der Waals surface area contributed by atoms with Crippen LogP contribution in [0, 0.1) is 23.2 Å². The summed E-state index contributed by atoms with van der Waals surface area (Å²) in [5.41, 5.74) is -2.25. The first kappa shape index (κ1) is 20.7. The fraction of sp³-hybridized carbons (Fsp3) is 0.812. The summed E-state index contributed by atoms with van der Waals surface area (Å²) in [6.45, 7) is 3.12. The van der Waals surface area contributed by atoms with Crippen LogP contribution in [0.3, 0.4) is 0 Å². The highest BCUT2D eigenvalue weighted by molar-refractivity contribution is 6.03. The SMILES string of the molecule is CC(C)C(=O)OC1C2CC3C1OC(=O)C3(C(=O)OC(C(F)(F)F)C(F)(F)F)C2. The van der Waals surface area contributed by atoms with Crippen molar-refractivity contribution < 1.29 is 54.9 Å². The van der Waals surface area contributed by atoms with Gasteiger partial charge in [0, 0.05) is 11.8 Å². The van der Waals surface area contributed by atoms with Crippen molar-refractivity contribution in [1.29, 1.82) is 0 Å². The lowest BCUT2D eigenvalue weighted by atomic mass is 9.73. The van der Waals surface area contributed by atoms with Crippen LogP contribution in [0.25, 0.3) is 0 Å². The molecule has 0 aromatic carbocycles. The highest BCUT2D eigenvalue weighted by Gasteiger charge is 2.76. The molecule has 0 spiro atoms. The minimum absolute atomic E-state index is 0.0876. The van der Waals surface area contributed by atoms with E-state index >= 15 is 0 Å². The highest BCUT2D eigenvalue weighted by Crippen LogP contribution is 2.63. The second kappa shape index (κ2) is 6.24. The van der Waals surface area contributed by atoms with Crippen LogP contribution in [0.5, 0.6) is 0 Å². The minimum Gasteiger partial charge on any atom is -0.458 e. The van der Waals surface area contributed by atoms with Crippen molar-refractivity contribution in [3.05, 3.63) is 0 Å². The van der Waals surface area contributed by atoms with Gasteiger partial charge in [-0.1, -0.05) is 13.8 Å². The largest absolute Gasteiger partial charge is 0.458 e. The molecule has 1 heterocycles. The van der Waals surface area contributed by atoms with E-state index in [1.54, 1.807) is 13.8 Å². The molecule has 3 rings (SSSR count). The van der Waals surface area contributed by atoms with Gasteiger partial charge in [0.05, 0.1) is 5.92 Å². The van der Waals surface area contributed by atoms with E-state index in [9.17, 15) is 40.7 Å². The van der Waals surface area contributed by atoms with Crippen LogP contribution in [0.15, 0.2) is 0 Å². The van der Waals surface area contributed by atoms with Crippen molar-refractivity contribution in [2.75, 3.05) is 0 Å². The summed E-state index contributed by atoms with van der Waals surface area (Å²) in [6, 6.07) is 0. The Labute approximate surface area is 154 Å². The summed E-state index contributed by atoms with van der Waals surface area (Å²) in [6.07, 6.45) is -18.4. The Morgan fingerprint density at radius 2 is 1.71 bits per heavy atom. The molecule has 158 valence electrons. The molecule has 12 heteroatoms. The Bertz CT molecular complexity index is 687. The monoisotopic (exact) mass is 418 g/mol. The second-order valence-electron chi connectivity index (χ2n) is 7.57. The molecule has 5 atom stereocenters. The molecular weight excluding hydrogens is 402 g/mol. The summed E-state index contributed by atoms with van der Waals surface area (Å²) < 4.78 is 90.3. The van der Waals surface area contributed by atoms with Crippen LogP contribution in [-0.4, -0.2) is 48.6 Å². The number of ether oxygens (including phenoxy) is 3. The van der Waals surface area contributed by atoms with Crippen LogP contribution in [0.4, 0.5) is 26.3 Å². The normalized spacial score (nSPS) is 34.1. The summed E-state index contributed by atoms with van der Waals surface area (Å²) in [7, 11) is 0. The number of esters is 3. The first-order valence-electron chi connectivity index (χ1n) is 8.45. The highest BCUT2D eigenvalue weighted by atomic mass is 19.4. The standard InChI is InChI=1S/C16H16F6O6/c1-5(2)10(23)26-8-6-3-7-9(8)27-12(24)14(7,4-6)13(25)28-11(15(17,18)19)16(20,21)22/h5-9,11H,3-4H2,1-2H3. The zero-order valence-corrected chi connectivity index (χ0v) is 14.6. The predicted octanol–water partition coefficient (Wildman–Crippen LogP) is 2.54. The fourth-order valence-electron chi connectivity index (χ4n) is 4.23. The lowest BCUT2D eigenvalue weighted by Gasteiger charge is -2.32. The molecule has 28 heavy (non-hydrogen) atoms. The molecule has 0 N–H and O–H groups in total. The molecule has 1 aliphatic heterocycles. The Morgan fingerprint density at radius 3 is 2.21 bits per heavy atom. The molecule has 0 aromatic heterocycles. The molecule has 5 unspecified atom stereocenters. The third-order valence-corrected chi connectivity index (χ3v) is 5.47. The maximum absolute atomic E-state index is 12.7. The summed E-state index contributed by atoms with van der Waals surface area (Å²) >= 11 is 0. The quantitative estimate of drug-likeness (QED) is 0.302. The number of carbonyl (C=O) groups is 3. The van der Waals surface area contributed by atoms with Crippen LogP contribution in [0.1, 0.15) is 26.7 Å². The van der Waals surface area contributed by atoms with E-state index in [0.717, 1.165) is 0 Å². The van der Waals surface area contributed by atoms with E-state index in [4.69, 9.17) is 9.47 Å². The number of halogens is 6. The summed E-state index contributed by atoms with van der Waals surface area (Å²) in [5.74, 6) is -5.87. The van der Waals surface area contributed by atoms with Gasteiger partial charge in [0.1, 0.15) is 12.2 Å². The molecule has 2 aliphatic carbocycles. The maximum atomic E-state index is 12.7. The molecule has 0 radical (unpaired) electrons. The van der Waals surface area contributed by atoms with Gasteiger partial charge in [-0.3, -0.25) is 14.4 Å². The van der Waals surface area contributed by atoms with Gasteiger partial charge < -0.3 is 14.2 Å². The minimum atomic E-state index is -5.89. The van der Waals surface area contributed by atoms with Crippen molar-refractivity contribution in [1.82, 2.24) is 0 Å². The molecular formula is C16H16F6O6. The molecule has 3 aliphatic rings. The number of hydrogen-bond acceptors (Lipinski definition) is 6. The van der Waals surface area contributed by atoms with Crippen LogP contribution < -0.4 is 0 Å². The van der Waals surface area contributed by atoms with Crippen molar-refractivity contribution >= 4 is 17.9 Å². The first-order valence-corrected chi connectivity index (χ1v) is 8.45. The average molecular weight is 418 g/mol. The molecule has 2 bridgehead atoms. The summed E-state index contributed by atoms with van der Waals surface area (Å²) in [4.78, 5) is 36.4. The van der Waals surface area contributed by atoms with Gasteiger partial charge in [0.15, 0.2) is 5.41 Å². The number of fused-ring (bicyclic) bond motifs is 1. The Kier molecular flexibility index (Phi) is 4.62. The molecule has 0 aromatic rings. The Morgan fingerprint density at radius 1 is 1.14 bits per heavy atom. The molecule has 6 nitrogen and oxygen atoms in total. The van der Waals surface area contributed by atoms with Crippen molar-refractivity contribution in [2.45, 2.75) is 57.4 Å². The number of rotatable bonds is 4. The van der Waals surface area contributed by atoms with Gasteiger partial charge in [0.2, 0.25) is 0 Å². The number of carbonyl (C=O) groups excluding carboxylic acids is 3. The number of hydrogen-bond donors (Lipinski definition) is 0. The van der Waals surface area contributed by atoms with Gasteiger partial charge in [-0.05, 0) is 12.8 Å². The van der Waals surface area contributed by atoms with E-state index in [1.807, 2.05) is 0 Å². The molecule has 3 fully saturated rings. The van der Waals surface area contributed by atoms with Crippen LogP contribution >= 0.6 is 0 Å². The first-order chi connectivity index (χ1) is 12.7.